The van der Waals surface area contributed by atoms with Gasteiger partial charge in [-0.1, -0.05) is 32.9 Å². The zero-order chi connectivity index (χ0) is 13.4. The van der Waals surface area contributed by atoms with Crippen molar-refractivity contribution in [1.82, 2.24) is 5.32 Å². The largest absolute Gasteiger partial charge is 0.314 e. The third kappa shape index (κ3) is 6.74. The summed E-state index contributed by atoms with van der Waals surface area (Å²) in [6, 6.07) is 9.59. The molecular formula is C16H26IN. The molecular weight excluding hydrogens is 333 g/mol. The number of nitrogens with one attached hydrogen (secondary N) is 1. The van der Waals surface area contributed by atoms with E-state index in [9.17, 15) is 0 Å². The van der Waals surface area contributed by atoms with Crippen LogP contribution in [0.25, 0.3) is 0 Å². The van der Waals surface area contributed by atoms with Gasteiger partial charge in [0.2, 0.25) is 0 Å². The molecule has 1 atom stereocenters. The van der Waals surface area contributed by atoms with E-state index in [1.165, 1.54) is 34.8 Å². The smallest absolute Gasteiger partial charge is 0.0130 e. The topological polar surface area (TPSA) is 12.0 Å². The maximum Gasteiger partial charge on any atom is 0.0130 e. The van der Waals surface area contributed by atoms with Gasteiger partial charge in [0.15, 0.2) is 0 Å². The Hall–Kier alpha value is -0.0900. The minimum atomic E-state index is 0.671. The summed E-state index contributed by atoms with van der Waals surface area (Å²) < 4.78 is 1.32. The van der Waals surface area contributed by atoms with E-state index >= 15 is 0 Å². The van der Waals surface area contributed by atoms with Crippen molar-refractivity contribution < 1.29 is 0 Å². The van der Waals surface area contributed by atoms with Crippen molar-refractivity contribution >= 4 is 22.6 Å². The summed E-state index contributed by atoms with van der Waals surface area (Å²) in [4.78, 5) is 0. The van der Waals surface area contributed by atoms with Crippen LogP contribution in [0.4, 0.5) is 0 Å². The zero-order valence-electron chi connectivity index (χ0n) is 11.9. The standard InChI is InChI=1S/C16H26IN/c1-4-11-18-16(12-13(2)3)10-7-14-5-8-15(17)9-6-14/h5-6,8-9,13,16,18H,4,7,10-12H2,1-3H3. The lowest BCUT2D eigenvalue weighted by molar-refractivity contribution is 0.398. The molecule has 0 saturated carbocycles. The summed E-state index contributed by atoms with van der Waals surface area (Å²) in [7, 11) is 0. The first-order valence-corrected chi connectivity index (χ1v) is 8.17. The van der Waals surface area contributed by atoms with E-state index in [2.05, 4.69) is 72.9 Å². The molecule has 0 aliphatic heterocycles. The number of rotatable bonds is 8. The normalized spacial score (nSPS) is 12.9. The van der Waals surface area contributed by atoms with E-state index in [0.717, 1.165) is 12.5 Å². The molecule has 0 spiro atoms. The summed E-state index contributed by atoms with van der Waals surface area (Å²) in [5.41, 5.74) is 1.46. The monoisotopic (exact) mass is 359 g/mol. The molecule has 0 aliphatic rings. The Balaban J connectivity index is 2.42. The molecule has 0 fully saturated rings. The summed E-state index contributed by atoms with van der Waals surface area (Å²) in [6.45, 7) is 8.00. The van der Waals surface area contributed by atoms with Gasteiger partial charge in [-0.2, -0.15) is 0 Å². The Morgan fingerprint density at radius 1 is 1.17 bits per heavy atom. The summed E-state index contributed by atoms with van der Waals surface area (Å²) in [6.07, 6.45) is 4.94. The molecule has 2 heteroatoms. The number of benzene rings is 1. The quantitative estimate of drug-likeness (QED) is 0.667. The van der Waals surface area contributed by atoms with Crippen LogP contribution in [0.5, 0.6) is 0 Å². The highest BCUT2D eigenvalue weighted by molar-refractivity contribution is 14.1. The number of hydrogen-bond acceptors (Lipinski definition) is 1. The molecule has 1 N–H and O–H groups in total. The fraction of sp³-hybridized carbons (Fsp3) is 0.625. The lowest BCUT2D eigenvalue weighted by Gasteiger charge is -2.20. The second kappa shape index (κ2) is 8.92. The van der Waals surface area contributed by atoms with E-state index in [1.807, 2.05) is 0 Å². The van der Waals surface area contributed by atoms with E-state index in [1.54, 1.807) is 0 Å². The predicted molar refractivity (Wildman–Crippen MR) is 89.0 cm³/mol. The van der Waals surface area contributed by atoms with Crippen LogP contribution < -0.4 is 5.32 Å². The number of aryl methyl sites for hydroxylation is 1. The Morgan fingerprint density at radius 2 is 1.83 bits per heavy atom. The summed E-state index contributed by atoms with van der Waals surface area (Å²) >= 11 is 2.36. The fourth-order valence-corrected chi connectivity index (χ4v) is 2.57. The number of hydrogen-bond donors (Lipinski definition) is 1. The van der Waals surface area contributed by atoms with Gasteiger partial charge >= 0.3 is 0 Å². The Kier molecular flexibility index (Phi) is 7.91. The molecule has 0 bridgehead atoms. The summed E-state index contributed by atoms with van der Waals surface area (Å²) in [5, 5.41) is 3.68. The van der Waals surface area contributed by atoms with E-state index < -0.39 is 0 Å². The van der Waals surface area contributed by atoms with Gasteiger partial charge in [-0.15, -0.1) is 0 Å². The van der Waals surface area contributed by atoms with Gasteiger partial charge < -0.3 is 5.32 Å². The van der Waals surface area contributed by atoms with Crippen LogP contribution in [0, 0.1) is 9.49 Å². The third-order valence-electron chi connectivity index (χ3n) is 3.13. The SMILES string of the molecule is CCCNC(CCc1ccc(I)cc1)CC(C)C. The maximum absolute atomic E-state index is 3.68. The first-order valence-electron chi connectivity index (χ1n) is 7.09. The van der Waals surface area contributed by atoms with Crippen LogP contribution >= 0.6 is 22.6 Å². The lowest BCUT2D eigenvalue weighted by Crippen LogP contribution is -2.31. The van der Waals surface area contributed by atoms with Crippen molar-refractivity contribution in [1.29, 1.82) is 0 Å². The number of halogens is 1. The molecule has 1 unspecified atom stereocenters. The van der Waals surface area contributed by atoms with Crippen LogP contribution in [0.15, 0.2) is 24.3 Å². The fourth-order valence-electron chi connectivity index (χ4n) is 2.21. The molecule has 1 aromatic rings. The van der Waals surface area contributed by atoms with Gasteiger partial charge in [-0.3, -0.25) is 0 Å². The van der Waals surface area contributed by atoms with Crippen molar-refractivity contribution in [2.75, 3.05) is 6.54 Å². The van der Waals surface area contributed by atoms with Crippen LogP contribution in [0.3, 0.4) is 0 Å². The maximum atomic E-state index is 3.68. The minimum absolute atomic E-state index is 0.671. The Morgan fingerprint density at radius 3 is 2.39 bits per heavy atom. The molecule has 0 aliphatic carbocycles. The predicted octanol–water partition coefficient (Wildman–Crippen LogP) is 4.64. The van der Waals surface area contributed by atoms with Crippen molar-refractivity contribution in [2.24, 2.45) is 5.92 Å². The van der Waals surface area contributed by atoms with Crippen LogP contribution in [-0.2, 0) is 6.42 Å². The molecule has 0 amide bonds. The van der Waals surface area contributed by atoms with Crippen molar-refractivity contribution in [2.45, 2.75) is 52.5 Å². The molecule has 0 saturated heterocycles. The average Bonchev–Trinajstić information content (AvgIpc) is 2.34. The zero-order valence-corrected chi connectivity index (χ0v) is 14.0. The first-order chi connectivity index (χ1) is 8.61. The van der Waals surface area contributed by atoms with Gasteiger partial charge in [0.05, 0.1) is 0 Å². The van der Waals surface area contributed by atoms with Crippen LogP contribution in [0.1, 0.15) is 45.6 Å². The van der Waals surface area contributed by atoms with Gasteiger partial charge in [-0.05, 0) is 78.4 Å². The van der Waals surface area contributed by atoms with Crippen molar-refractivity contribution in [3.63, 3.8) is 0 Å². The lowest BCUT2D eigenvalue weighted by atomic mass is 9.97. The molecule has 102 valence electrons. The molecule has 0 aromatic heterocycles. The molecule has 1 aromatic carbocycles. The highest BCUT2D eigenvalue weighted by Gasteiger charge is 2.10. The highest BCUT2D eigenvalue weighted by Crippen LogP contribution is 2.13. The Bertz CT molecular complexity index is 318. The average molecular weight is 359 g/mol. The second-order valence-electron chi connectivity index (χ2n) is 5.45. The van der Waals surface area contributed by atoms with Crippen LogP contribution in [0.2, 0.25) is 0 Å². The van der Waals surface area contributed by atoms with Gasteiger partial charge in [-0.25, -0.2) is 0 Å². The summed E-state index contributed by atoms with van der Waals surface area (Å²) in [5.74, 6) is 0.774. The van der Waals surface area contributed by atoms with Crippen LogP contribution in [-0.4, -0.2) is 12.6 Å². The van der Waals surface area contributed by atoms with E-state index in [4.69, 9.17) is 0 Å². The third-order valence-corrected chi connectivity index (χ3v) is 3.85. The van der Waals surface area contributed by atoms with E-state index in [0.29, 0.717) is 6.04 Å². The van der Waals surface area contributed by atoms with Gasteiger partial charge in [0.1, 0.15) is 0 Å². The first kappa shape index (κ1) is 16.0. The van der Waals surface area contributed by atoms with E-state index in [-0.39, 0.29) is 0 Å². The van der Waals surface area contributed by atoms with Gasteiger partial charge in [0, 0.05) is 9.61 Å². The molecule has 18 heavy (non-hydrogen) atoms. The minimum Gasteiger partial charge on any atom is -0.314 e. The molecule has 1 rings (SSSR count). The van der Waals surface area contributed by atoms with Crippen molar-refractivity contribution in [3.05, 3.63) is 33.4 Å². The molecule has 0 heterocycles. The molecule has 1 nitrogen and oxygen atoms in total. The Labute approximate surface area is 126 Å². The van der Waals surface area contributed by atoms with Gasteiger partial charge in [0.25, 0.3) is 0 Å². The molecule has 0 radical (unpaired) electrons. The highest BCUT2D eigenvalue weighted by atomic mass is 127. The second-order valence-corrected chi connectivity index (χ2v) is 6.69. The van der Waals surface area contributed by atoms with Crippen molar-refractivity contribution in [3.8, 4) is 0 Å².